The molecule has 0 aliphatic rings. The first-order chi connectivity index (χ1) is 10.2. The molecule has 0 amide bonds. The zero-order valence-corrected chi connectivity index (χ0v) is 13.1. The Bertz CT molecular complexity index is 780. The number of hydrogen-bond donors (Lipinski definition) is 1. The molecular formula is C16H15Cl2N3. The lowest BCUT2D eigenvalue weighted by atomic mass is 10.2. The van der Waals surface area contributed by atoms with Crippen LogP contribution < -0.4 is 5.32 Å². The van der Waals surface area contributed by atoms with Gasteiger partial charge in [0.1, 0.15) is 0 Å². The first-order valence-corrected chi connectivity index (χ1v) is 7.58. The van der Waals surface area contributed by atoms with Gasteiger partial charge in [-0.05, 0) is 31.2 Å². The number of benzene rings is 2. The van der Waals surface area contributed by atoms with E-state index in [0.717, 1.165) is 28.8 Å². The second-order valence-corrected chi connectivity index (χ2v) is 5.60. The van der Waals surface area contributed by atoms with Gasteiger partial charge in [0.2, 0.25) is 0 Å². The minimum Gasteiger partial charge on any atom is -0.378 e. The maximum absolute atomic E-state index is 6.17. The molecule has 0 aliphatic heterocycles. The number of aryl methyl sites for hydroxylation is 1. The van der Waals surface area contributed by atoms with Crippen molar-refractivity contribution in [2.75, 3.05) is 5.32 Å². The summed E-state index contributed by atoms with van der Waals surface area (Å²) in [5.41, 5.74) is 3.02. The van der Waals surface area contributed by atoms with Crippen LogP contribution in [0.5, 0.6) is 0 Å². The number of nitrogens with one attached hydrogen (secondary N) is 1. The topological polar surface area (TPSA) is 29.9 Å². The molecule has 0 fully saturated rings. The first-order valence-electron chi connectivity index (χ1n) is 6.82. The average molecular weight is 320 g/mol. The van der Waals surface area contributed by atoms with Gasteiger partial charge in [0.25, 0.3) is 0 Å². The number of nitrogens with zero attached hydrogens (tertiary/aromatic N) is 2. The molecule has 0 atom stereocenters. The fraction of sp³-hybridized carbons (Fsp3) is 0.188. The molecule has 1 heterocycles. The number of aromatic nitrogens is 2. The van der Waals surface area contributed by atoms with Gasteiger partial charge >= 0.3 is 0 Å². The van der Waals surface area contributed by atoms with E-state index in [4.69, 9.17) is 23.2 Å². The molecule has 3 rings (SSSR count). The predicted octanol–water partition coefficient (Wildman–Crippen LogP) is 4.98. The lowest BCUT2D eigenvalue weighted by Gasteiger charge is -2.07. The van der Waals surface area contributed by atoms with E-state index in [9.17, 15) is 0 Å². The van der Waals surface area contributed by atoms with E-state index in [1.165, 1.54) is 0 Å². The summed E-state index contributed by atoms with van der Waals surface area (Å²) in [4.78, 5) is 0. The first kappa shape index (κ1) is 14.2. The monoisotopic (exact) mass is 319 g/mol. The number of rotatable bonds is 4. The molecule has 5 heteroatoms. The van der Waals surface area contributed by atoms with Gasteiger partial charge in [-0.25, -0.2) is 0 Å². The fourth-order valence-electron chi connectivity index (χ4n) is 2.38. The van der Waals surface area contributed by atoms with Gasteiger partial charge < -0.3 is 5.32 Å². The minimum atomic E-state index is 0.613. The summed E-state index contributed by atoms with van der Waals surface area (Å²) in [5, 5.41) is 10.4. The van der Waals surface area contributed by atoms with Crippen LogP contribution in [-0.2, 0) is 13.1 Å². The Morgan fingerprint density at radius 1 is 1.14 bits per heavy atom. The third-order valence-corrected chi connectivity index (χ3v) is 3.96. The molecule has 0 unspecified atom stereocenters. The summed E-state index contributed by atoms with van der Waals surface area (Å²) in [6.07, 6.45) is 0. The lowest BCUT2D eigenvalue weighted by molar-refractivity contribution is 0.671. The normalized spacial score (nSPS) is 11.0. The molecule has 3 nitrogen and oxygen atoms in total. The molecule has 0 saturated carbocycles. The molecule has 0 saturated heterocycles. The van der Waals surface area contributed by atoms with Crippen LogP contribution in [0, 0.1) is 0 Å². The summed E-state index contributed by atoms with van der Waals surface area (Å²) in [6, 6.07) is 13.7. The molecule has 0 radical (unpaired) electrons. The molecule has 108 valence electrons. The quantitative estimate of drug-likeness (QED) is 0.735. The zero-order chi connectivity index (χ0) is 14.8. The van der Waals surface area contributed by atoms with Crippen LogP contribution in [0.25, 0.3) is 10.9 Å². The van der Waals surface area contributed by atoms with Crippen LogP contribution in [-0.4, -0.2) is 9.78 Å². The Hall–Kier alpha value is -1.71. The highest BCUT2D eigenvalue weighted by molar-refractivity contribution is 6.36. The number of halogens is 2. The largest absolute Gasteiger partial charge is 0.378 e. The van der Waals surface area contributed by atoms with E-state index < -0.39 is 0 Å². The van der Waals surface area contributed by atoms with Crippen LogP contribution in [0.3, 0.4) is 0 Å². The summed E-state index contributed by atoms with van der Waals surface area (Å²) >= 11 is 12.1. The molecule has 1 aromatic heterocycles. The number of fused-ring (bicyclic) bond motifs is 1. The number of para-hydroxylation sites is 1. The fourth-order valence-corrected chi connectivity index (χ4v) is 2.85. The van der Waals surface area contributed by atoms with Crippen molar-refractivity contribution in [3.05, 3.63) is 58.2 Å². The molecular weight excluding hydrogens is 305 g/mol. The highest BCUT2D eigenvalue weighted by atomic mass is 35.5. The van der Waals surface area contributed by atoms with Gasteiger partial charge in [0, 0.05) is 17.0 Å². The second kappa shape index (κ2) is 5.96. The van der Waals surface area contributed by atoms with E-state index in [2.05, 4.69) is 29.5 Å². The smallest absolute Gasteiger partial charge is 0.0894 e. The Balaban J connectivity index is 1.88. The summed E-state index contributed by atoms with van der Waals surface area (Å²) in [6.45, 7) is 3.56. The average Bonchev–Trinajstić information content (AvgIpc) is 2.85. The third-order valence-electron chi connectivity index (χ3n) is 3.41. The Morgan fingerprint density at radius 3 is 2.71 bits per heavy atom. The van der Waals surface area contributed by atoms with Crippen LogP contribution >= 0.6 is 23.2 Å². The summed E-state index contributed by atoms with van der Waals surface area (Å²) < 4.78 is 2.01. The van der Waals surface area contributed by atoms with E-state index in [-0.39, 0.29) is 0 Å². The van der Waals surface area contributed by atoms with Crippen molar-refractivity contribution in [2.24, 2.45) is 0 Å². The summed E-state index contributed by atoms with van der Waals surface area (Å²) in [5.74, 6) is 0. The van der Waals surface area contributed by atoms with Crippen LogP contribution in [0.1, 0.15) is 12.6 Å². The number of hydrogen-bond acceptors (Lipinski definition) is 2. The standard InChI is InChI=1S/C16H15Cl2N3/c1-2-21-16-6-4-3-5-12(16)15(20-21)10-19-14-8-7-11(17)9-13(14)18/h3-9,19H,2,10H2,1H3. The Kier molecular flexibility index (Phi) is 4.04. The molecule has 0 aliphatic carbocycles. The zero-order valence-electron chi connectivity index (χ0n) is 11.6. The minimum absolute atomic E-state index is 0.613. The van der Waals surface area contributed by atoms with Gasteiger partial charge in [0.05, 0.1) is 28.5 Å². The molecule has 3 aromatic rings. The van der Waals surface area contributed by atoms with E-state index in [1.54, 1.807) is 6.07 Å². The Labute approximate surface area is 133 Å². The molecule has 21 heavy (non-hydrogen) atoms. The van der Waals surface area contributed by atoms with Crippen molar-refractivity contribution in [2.45, 2.75) is 20.0 Å². The van der Waals surface area contributed by atoms with E-state index >= 15 is 0 Å². The van der Waals surface area contributed by atoms with Gasteiger partial charge in [0.15, 0.2) is 0 Å². The molecule has 0 spiro atoms. The van der Waals surface area contributed by atoms with Crippen molar-refractivity contribution in [3.63, 3.8) is 0 Å². The van der Waals surface area contributed by atoms with Crippen LogP contribution in [0.4, 0.5) is 5.69 Å². The van der Waals surface area contributed by atoms with Gasteiger partial charge in [-0.2, -0.15) is 5.10 Å². The molecule has 1 N–H and O–H groups in total. The van der Waals surface area contributed by atoms with Gasteiger partial charge in [-0.1, -0.05) is 41.4 Å². The van der Waals surface area contributed by atoms with Crippen molar-refractivity contribution in [1.82, 2.24) is 9.78 Å². The van der Waals surface area contributed by atoms with Crippen molar-refractivity contribution < 1.29 is 0 Å². The highest BCUT2D eigenvalue weighted by Crippen LogP contribution is 2.26. The maximum atomic E-state index is 6.17. The van der Waals surface area contributed by atoms with Crippen molar-refractivity contribution in [3.8, 4) is 0 Å². The SMILES string of the molecule is CCn1nc(CNc2ccc(Cl)cc2Cl)c2ccccc21. The maximum Gasteiger partial charge on any atom is 0.0894 e. The highest BCUT2D eigenvalue weighted by Gasteiger charge is 2.09. The van der Waals surface area contributed by atoms with E-state index in [1.807, 2.05) is 28.9 Å². The van der Waals surface area contributed by atoms with Crippen LogP contribution in [0.15, 0.2) is 42.5 Å². The molecule has 0 bridgehead atoms. The van der Waals surface area contributed by atoms with Crippen molar-refractivity contribution >= 4 is 39.8 Å². The predicted molar refractivity (Wildman–Crippen MR) is 89.2 cm³/mol. The lowest BCUT2D eigenvalue weighted by Crippen LogP contribution is -2.03. The Morgan fingerprint density at radius 2 is 1.95 bits per heavy atom. The van der Waals surface area contributed by atoms with E-state index in [0.29, 0.717) is 16.6 Å². The summed E-state index contributed by atoms with van der Waals surface area (Å²) in [7, 11) is 0. The molecule has 2 aromatic carbocycles. The van der Waals surface area contributed by atoms with Crippen molar-refractivity contribution in [1.29, 1.82) is 0 Å². The third kappa shape index (κ3) is 2.85. The van der Waals surface area contributed by atoms with Gasteiger partial charge in [-0.15, -0.1) is 0 Å². The number of anilines is 1. The van der Waals surface area contributed by atoms with Crippen LogP contribution in [0.2, 0.25) is 10.0 Å². The second-order valence-electron chi connectivity index (χ2n) is 4.76. The van der Waals surface area contributed by atoms with Gasteiger partial charge in [-0.3, -0.25) is 4.68 Å².